The van der Waals surface area contributed by atoms with Crippen LogP contribution >= 0.6 is 11.8 Å². The second-order valence-corrected chi connectivity index (χ2v) is 4.86. The average molecular weight is 231 g/mol. The summed E-state index contributed by atoms with van der Waals surface area (Å²) in [5.74, 6) is 1.52. The molecule has 86 valence electrons. The highest BCUT2D eigenvalue weighted by molar-refractivity contribution is 7.99. The van der Waals surface area contributed by atoms with Gasteiger partial charge in [0.25, 0.3) is 0 Å². The zero-order valence-corrected chi connectivity index (χ0v) is 10.1. The van der Waals surface area contributed by atoms with E-state index in [1.165, 1.54) is 0 Å². The van der Waals surface area contributed by atoms with Gasteiger partial charge in [0.2, 0.25) is 0 Å². The smallest absolute Gasteiger partial charge is 0.321 e. The highest BCUT2D eigenvalue weighted by Crippen LogP contribution is 2.15. The third kappa shape index (κ3) is 5.03. The molecule has 0 spiro atoms. The van der Waals surface area contributed by atoms with Crippen LogP contribution in [0.4, 0.5) is 6.01 Å². The minimum atomic E-state index is 0.464. The standard InChI is InChI=1S/C9H17N3O2S/c1-7(2)15-6-8-11-9(14-12-8)10-4-5-13-3/h7H,4-6H2,1-3H3,(H,10,11,12). The third-order valence-electron chi connectivity index (χ3n) is 1.60. The Kier molecular flexibility index (Phi) is 5.49. The number of hydrogen-bond acceptors (Lipinski definition) is 6. The first-order chi connectivity index (χ1) is 7.22. The number of hydrogen-bond donors (Lipinski definition) is 1. The van der Waals surface area contributed by atoms with E-state index in [0.29, 0.717) is 24.4 Å². The average Bonchev–Trinajstić information content (AvgIpc) is 2.63. The Labute approximate surface area is 94.0 Å². The molecule has 0 saturated heterocycles. The molecule has 6 heteroatoms. The second-order valence-electron chi connectivity index (χ2n) is 3.30. The molecule has 1 N–H and O–H groups in total. The number of nitrogens with zero attached hydrogens (tertiary/aromatic N) is 2. The van der Waals surface area contributed by atoms with Gasteiger partial charge in [-0.3, -0.25) is 0 Å². The molecule has 0 unspecified atom stereocenters. The molecule has 0 saturated carbocycles. The van der Waals surface area contributed by atoms with Crippen LogP contribution in [0.1, 0.15) is 19.7 Å². The van der Waals surface area contributed by atoms with Crippen LogP contribution in [0.15, 0.2) is 4.52 Å². The molecule has 0 atom stereocenters. The lowest BCUT2D eigenvalue weighted by molar-refractivity contribution is 0.210. The molecule has 0 radical (unpaired) electrons. The van der Waals surface area contributed by atoms with Crippen molar-refractivity contribution in [3.05, 3.63) is 5.82 Å². The summed E-state index contributed by atoms with van der Waals surface area (Å²) in [6, 6.07) is 0.464. The lowest BCUT2D eigenvalue weighted by Crippen LogP contribution is -2.07. The number of anilines is 1. The molecular formula is C9H17N3O2S. The summed E-state index contributed by atoms with van der Waals surface area (Å²) in [7, 11) is 1.65. The van der Waals surface area contributed by atoms with Gasteiger partial charge < -0.3 is 14.6 Å². The van der Waals surface area contributed by atoms with Crippen LogP contribution in [-0.2, 0) is 10.5 Å². The van der Waals surface area contributed by atoms with Crippen LogP contribution in [-0.4, -0.2) is 35.7 Å². The summed E-state index contributed by atoms with van der Waals surface area (Å²) < 4.78 is 9.90. The molecule has 0 aliphatic rings. The van der Waals surface area contributed by atoms with Gasteiger partial charge in [-0.2, -0.15) is 16.7 Å². The number of thioether (sulfide) groups is 1. The molecule has 1 aromatic heterocycles. The Morgan fingerprint density at radius 1 is 1.53 bits per heavy atom. The fourth-order valence-electron chi connectivity index (χ4n) is 0.886. The largest absolute Gasteiger partial charge is 0.383 e. The van der Waals surface area contributed by atoms with Crippen molar-refractivity contribution < 1.29 is 9.26 Å². The van der Waals surface area contributed by atoms with Crippen LogP contribution in [0.5, 0.6) is 0 Å². The Bertz CT molecular complexity index is 278. The van der Waals surface area contributed by atoms with Crippen LogP contribution in [0.25, 0.3) is 0 Å². The number of aromatic nitrogens is 2. The summed E-state index contributed by atoms with van der Waals surface area (Å²) in [5.41, 5.74) is 0. The lowest BCUT2D eigenvalue weighted by atomic mass is 10.6. The van der Waals surface area contributed by atoms with Crippen LogP contribution in [0, 0.1) is 0 Å². The van der Waals surface area contributed by atoms with Crippen LogP contribution in [0.3, 0.4) is 0 Å². The van der Waals surface area contributed by atoms with Crippen molar-refractivity contribution in [1.29, 1.82) is 0 Å². The number of ether oxygens (including phenoxy) is 1. The van der Waals surface area contributed by atoms with Gasteiger partial charge in [0, 0.05) is 13.7 Å². The molecule has 0 aliphatic heterocycles. The number of methoxy groups -OCH3 is 1. The fraction of sp³-hybridized carbons (Fsp3) is 0.778. The summed E-state index contributed by atoms with van der Waals surface area (Å²) in [6.45, 7) is 5.58. The maximum absolute atomic E-state index is 5.00. The summed E-state index contributed by atoms with van der Waals surface area (Å²) in [5, 5.41) is 7.41. The minimum absolute atomic E-state index is 0.464. The molecule has 5 nitrogen and oxygen atoms in total. The second kappa shape index (κ2) is 6.68. The topological polar surface area (TPSA) is 60.2 Å². The molecular weight excluding hydrogens is 214 g/mol. The van der Waals surface area contributed by atoms with Crippen molar-refractivity contribution in [2.75, 3.05) is 25.6 Å². The number of nitrogens with one attached hydrogen (secondary N) is 1. The van der Waals surface area contributed by atoms with Crippen molar-refractivity contribution >= 4 is 17.8 Å². The van der Waals surface area contributed by atoms with Gasteiger partial charge >= 0.3 is 6.01 Å². The zero-order valence-electron chi connectivity index (χ0n) is 9.32. The molecule has 0 aromatic carbocycles. The normalized spacial score (nSPS) is 10.9. The van der Waals surface area contributed by atoms with Crippen molar-refractivity contribution in [2.45, 2.75) is 24.9 Å². The van der Waals surface area contributed by atoms with Gasteiger partial charge in [-0.05, 0) is 5.25 Å². The molecule has 15 heavy (non-hydrogen) atoms. The lowest BCUT2D eigenvalue weighted by Gasteiger charge is -1.99. The van der Waals surface area contributed by atoms with Crippen molar-refractivity contribution in [1.82, 2.24) is 10.1 Å². The maximum Gasteiger partial charge on any atom is 0.321 e. The predicted octanol–water partition coefficient (Wildman–Crippen LogP) is 1.77. The molecule has 1 rings (SSSR count). The van der Waals surface area contributed by atoms with Crippen LogP contribution < -0.4 is 5.32 Å². The molecule has 0 fully saturated rings. The van der Waals surface area contributed by atoms with E-state index in [1.54, 1.807) is 18.9 Å². The number of rotatable bonds is 7. The monoisotopic (exact) mass is 231 g/mol. The van der Waals surface area contributed by atoms with Crippen molar-refractivity contribution in [3.63, 3.8) is 0 Å². The molecule has 0 aliphatic carbocycles. The fourth-order valence-corrected chi connectivity index (χ4v) is 1.49. The van der Waals surface area contributed by atoms with E-state index in [4.69, 9.17) is 9.26 Å². The zero-order chi connectivity index (χ0) is 11.1. The van der Waals surface area contributed by atoms with Gasteiger partial charge in [-0.1, -0.05) is 19.0 Å². The Morgan fingerprint density at radius 2 is 2.33 bits per heavy atom. The quantitative estimate of drug-likeness (QED) is 0.722. The Morgan fingerprint density at radius 3 is 3.00 bits per heavy atom. The summed E-state index contributed by atoms with van der Waals surface area (Å²) in [6.07, 6.45) is 0. The minimum Gasteiger partial charge on any atom is -0.383 e. The van der Waals surface area contributed by atoms with Gasteiger partial charge in [-0.25, -0.2) is 0 Å². The van der Waals surface area contributed by atoms with E-state index in [2.05, 4.69) is 29.3 Å². The van der Waals surface area contributed by atoms with E-state index in [9.17, 15) is 0 Å². The summed E-state index contributed by atoms with van der Waals surface area (Å²) in [4.78, 5) is 4.19. The van der Waals surface area contributed by atoms with Gasteiger partial charge in [-0.15, -0.1) is 0 Å². The first-order valence-electron chi connectivity index (χ1n) is 4.89. The van der Waals surface area contributed by atoms with E-state index in [-0.39, 0.29) is 0 Å². The van der Waals surface area contributed by atoms with E-state index < -0.39 is 0 Å². The first kappa shape index (κ1) is 12.3. The predicted molar refractivity (Wildman–Crippen MR) is 61.1 cm³/mol. The SMILES string of the molecule is COCCNc1nc(CSC(C)C)no1. The van der Waals surface area contributed by atoms with Gasteiger partial charge in [0.05, 0.1) is 12.4 Å². The van der Waals surface area contributed by atoms with E-state index in [0.717, 1.165) is 11.6 Å². The van der Waals surface area contributed by atoms with Gasteiger partial charge in [0.15, 0.2) is 5.82 Å². The Balaban J connectivity index is 2.29. The highest BCUT2D eigenvalue weighted by atomic mass is 32.2. The molecule has 0 amide bonds. The summed E-state index contributed by atoms with van der Waals surface area (Å²) >= 11 is 1.79. The third-order valence-corrected chi connectivity index (χ3v) is 2.69. The van der Waals surface area contributed by atoms with Crippen LogP contribution in [0.2, 0.25) is 0 Å². The highest BCUT2D eigenvalue weighted by Gasteiger charge is 2.06. The Hall–Kier alpha value is -0.750. The molecule has 0 bridgehead atoms. The maximum atomic E-state index is 5.00. The van der Waals surface area contributed by atoms with Crippen molar-refractivity contribution in [2.24, 2.45) is 0 Å². The molecule has 1 heterocycles. The molecule has 1 aromatic rings. The van der Waals surface area contributed by atoms with E-state index >= 15 is 0 Å². The van der Waals surface area contributed by atoms with Crippen molar-refractivity contribution in [3.8, 4) is 0 Å². The van der Waals surface area contributed by atoms with Gasteiger partial charge in [0.1, 0.15) is 0 Å². The first-order valence-corrected chi connectivity index (χ1v) is 5.94. The van der Waals surface area contributed by atoms with E-state index in [1.807, 2.05) is 0 Å².